The number of carbonyl (C=O) groups excluding carboxylic acids is 1. The van der Waals surface area contributed by atoms with Crippen LogP contribution in [0.2, 0.25) is 0 Å². The molecule has 2 aromatic carbocycles. The molecule has 30 heavy (non-hydrogen) atoms. The van der Waals surface area contributed by atoms with Crippen molar-refractivity contribution in [3.8, 4) is 5.75 Å². The summed E-state index contributed by atoms with van der Waals surface area (Å²) in [7, 11) is 4.08. The highest BCUT2D eigenvalue weighted by atomic mass is 16.5. The Hall–Kier alpha value is -2.63. The molecule has 5 nitrogen and oxygen atoms in total. The second-order valence-corrected chi connectivity index (χ2v) is 8.46. The minimum absolute atomic E-state index is 0.0171. The zero-order valence-electron chi connectivity index (χ0n) is 17.9. The molecule has 0 saturated carbocycles. The number of carbonyl (C=O) groups is 1. The van der Waals surface area contributed by atoms with E-state index in [0.29, 0.717) is 12.1 Å². The molecule has 0 unspecified atom stereocenters. The van der Waals surface area contributed by atoms with Gasteiger partial charge in [0.1, 0.15) is 11.4 Å². The number of rotatable bonds is 6. The fourth-order valence-electron chi connectivity index (χ4n) is 4.20. The minimum atomic E-state index is -0.253. The molecule has 1 spiro atoms. The van der Waals surface area contributed by atoms with E-state index in [1.165, 1.54) is 5.57 Å². The van der Waals surface area contributed by atoms with Crippen LogP contribution in [0.1, 0.15) is 40.7 Å². The zero-order valence-corrected chi connectivity index (χ0v) is 17.9. The molecule has 0 aliphatic carbocycles. The quantitative estimate of drug-likeness (QED) is 0.724. The van der Waals surface area contributed by atoms with Crippen molar-refractivity contribution >= 4 is 11.5 Å². The Morgan fingerprint density at radius 2 is 1.83 bits per heavy atom. The molecule has 2 aliphatic rings. The van der Waals surface area contributed by atoms with Gasteiger partial charge in [0, 0.05) is 30.5 Å². The first kappa shape index (κ1) is 20.6. The summed E-state index contributed by atoms with van der Waals surface area (Å²) in [5.41, 5.74) is 3.87. The number of piperidine rings is 1. The molecule has 5 heteroatoms. The first-order chi connectivity index (χ1) is 14.6. The molecule has 0 atom stereocenters. The van der Waals surface area contributed by atoms with E-state index < -0.39 is 0 Å². The summed E-state index contributed by atoms with van der Waals surface area (Å²) in [6.07, 6.45) is 5.15. The maximum absolute atomic E-state index is 12.5. The summed E-state index contributed by atoms with van der Waals surface area (Å²) in [4.78, 5) is 14.6. The van der Waals surface area contributed by atoms with Crippen LogP contribution in [0, 0.1) is 0 Å². The lowest BCUT2D eigenvalue weighted by Crippen LogP contribution is -2.46. The average Bonchev–Trinajstić information content (AvgIpc) is 2.76. The maximum Gasteiger partial charge on any atom is 0.251 e. The highest BCUT2D eigenvalue weighted by Crippen LogP contribution is 2.42. The Balaban J connectivity index is 1.54. The van der Waals surface area contributed by atoms with Crippen LogP contribution in [-0.2, 0) is 0 Å². The lowest BCUT2D eigenvalue weighted by molar-refractivity contribution is 0.0817. The number of benzene rings is 2. The van der Waals surface area contributed by atoms with Crippen LogP contribution in [0.5, 0.6) is 5.75 Å². The van der Waals surface area contributed by atoms with Crippen molar-refractivity contribution in [1.29, 1.82) is 0 Å². The van der Waals surface area contributed by atoms with Gasteiger partial charge in [-0.25, -0.2) is 0 Å². The molecule has 158 valence electrons. The van der Waals surface area contributed by atoms with E-state index in [4.69, 9.17) is 4.74 Å². The van der Waals surface area contributed by atoms with Gasteiger partial charge in [-0.2, -0.15) is 0 Å². The van der Waals surface area contributed by atoms with Crippen molar-refractivity contribution in [2.45, 2.75) is 24.9 Å². The molecule has 0 radical (unpaired) electrons. The van der Waals surface area contributed by atoms with Gasteiger partial charge in [-0.15, -0.1) is 0 Å². The van der Waals surface area contributed by atoms with Crippen molar-refractivity contribution in [2.75, 3.05) is 40.3 Å². The molecule has 0 aromatic heterocycles. The van der Waals surface area contributed by atoms with Gasteiger partial charge in [0.25, 0.3) is 5.91 Å². The molecule has 1 saturated heterocycles. The van der Waals surface area contributed by atoms with E-state index in [1.54, 1.807) is 0 Å². The van der Waals surface area contributed by atoms with Gasteiger partial charge in [-0.3, -0.25) is 4.79 Å². The van der Waals surface area contributed by atoms with Gasteiger partial charge in [0.05, 0.1) is 0 Å². The lowest BCUT2D eigenvalue weighted by Gasteiger charge is -2.40. The van der Waals surface area contributed by atoms with Crippen molar-refractivity contribution in [2.24, 2.45) is 0 Å². The monoisotopic (exact) mass is 405 g/mol. The summed E-state index contributed by atoms with van der Waals surface area (Å²) in [5.74, 6) is 0.927. The van der Waals surface area contributed by atoms with E-state index >= 15 is 0 Å². The number of hydrogen-bond donors (Lipinski definition) is 2. The molecule has 1 amide bonds. The molecule has 2 aromatic rings. The second kappa shape index (κ2) is 9.02. The van der Waals surface area contributed by atoms with Crippen molar-refractivity contribution in [3.05, 3.63) is 71.3 Å². The van der Waals surface area contributed by atoms with E-state index in [0.717, 1.165) is 55.8 Å². The van der Waals surface area contributed by atoms with Crippen molar-refractivity contribution < 1.29 is 9.53 Å². The Kier molecular flexibility index (Phi) is 6.21. The number of fused-ring (bicyclic) bond motifs is 1. The number of ether oxygens (including phenoxy) is 1. The molecular formula is C25H31N3O2. The number of nitrogens with zero attached hydrogens (tertiary/aromatic N) is 1. The third kappa shape index (κ3) is 4.58. The third-order valence-corrected chi connectivity index (χ3v) is 5.87. The summed E-state index contributed by atoms with van der Waals surface area (Å²) in [6.45, 7) is 3.56. The first-order valence-electron chi connectivity index (χ1n) is 10.8. The van der Waals surface area contributed by atoms with E-state index in [2.05, 4.69) is 45.9 Å². The molecule has 2 aliphatic heterocycles. The van der Waals surface area contributed by atoms with Gasteiger partial charge >= 0.3 is 0 Å². The zero-order chi connectivity index (χ0) is 21.0. The van der Waals surface area contributed by atoms with Crippen LogP contribution < -0.4 is 15.4 Å². The summed E-state index contributed by atoms with van der Waals surface area (Å²) < 4.78 is 6.46. The summed E-state index contributed by atoms with van der Waals surface area (Å²) in [5, 5.41) is 6.43. The minimum Gasteiger partial charge on any atom is -0.482 e. The Morgan fingerprint density at radius 1 is 1.10 bits per heavy atom. The van der Waals surface area contributed by atoms with Crippen LogP contribution in [0.25, 0.3) is 5.57 Å². The number of nitrogens with one attached hydrogen (secondary N) is 2. The number of para-hydroxylation sites is 1. The van der Waals surface area contributed by atoms with E-state index in [1.807, 2.05) is 38.4 Å². The van der Waals surface area contributed by atoms with Crippen molar-refractivity contribution in [3.63, 3.8) is 0 Å². The van der Waals surface area contributed by atoms with Crippen LogP contribution in [0.15, 0.2) is 54.6 Å². The third-order valence-electron chi connectivity index (χ3n) is 5.87. The molecule has 2 heterocycles. The highest BCUT2D eigenvalue weighted by molar-refractivity contribution is 5.95. The molecule has 4 rings (SSSR count). The first-order valence-corrected chi connectivity index (χ1v) is 10.8. The molecular weight excluding hydrogens is 374 g/mol. The lowest BCUT2D eigenvalue weighted by atomic mass is 9.83. The summed E-state index contributed by atoms with van der Waals surface area (Å²) >= 11 is 0. The van der Waals surface area contributed by atoms with Gasteiger partial charge in [-0.05, 0) is 75.6 Å². The topological polar surface area (TPSA) is 53.6 Å². The van der Waals surface area contributed by atoms with Gasteiger partial charge in [0.15, 0.2) is 0 Å². The highest BCUT2D eigenvalue weighted by Gasteiger charge is 2.36. The van der Waals surface area contributed by atoms with Crippen LogP contribution in [-0.4, -0.2) is 56.7 Å². The Morgan fingerprint density at radius 3 is 2.57 bits per heavy atom. The molecule has 1 fully saturated rings. The maximum atomic E-state index is 12.5. The normalized spacial score (nSPS) is 17.2. The van der Waals surface area contributed by atoms with Crippen LogP contribution in [0.3, 0.4) is 0 Å². The predicted molar refractivity (Wildman–Crippen MR) is 121 cm³/mol. The Labute approximate surface area is 179 Å². The van der Waals surface area contributed by atoms with Gasteiger partial charge in [0.2, 0.25) is 0 Å². The molecule has 0 bridgehead atoms. The van der Waals surface area contributed by atoms with Crippen LogP contribution in [0.4, 0.5) is 0 Å². The standard InChI is InChI=1S/C25H31N3O2/c1-28(2)17-5-14-27-24(29)20-10-8-19(9-11-20)22-18-25(12-15-26-16-13-25)30-23-7-4-3-6-21(22)23/h3-4,6-11,18,26H,5,12-17H2,1-2H3,(H,27,29). The predicted octanol–water partition coefficient (Wildman–Crippen LogP) is 3.31. The Bertz CT molecular complexity index is 912. The molecule has 2 N–H and O–H groups in total. The SMILES string of the molecule is CN(C)CCCNC(=O)c1ccc(C2=CC3(CCNCC3)Oc3ccccc32)cc1. The smallest absolute Gasteiger partial charge is 0.251 e. The largest absolute Gasteiger partial charge is 0.482 e. The van der Waals surface area contributed by atoms with Gasteiger partial charge < -0.3 is 20.3 Å². The van der Waals surface area contributed by atoms with Crippen LogP contribution >= 0.6 is 0 Å². The average molecular weight is 406 g/mol. The van der Waals surface area contributed by atoms with Gasteiger partial charge in [-0.1, -0.05) is 30.3 Å². The number of amides is 1. The second-order valence-electron chi connectivity index (χ2n) is 8.46. The van der Waals surface area contributed by atoms with E-state index in [9.17, 15) is 4.79 Å². The number of hydrogen-bond acceptors (Lipinski definition) is 4. The fourth-order valence-corrected chi connectivity index (χ4v) is 4.20. The fraction of sp³-hybridized carbons (Fsp3) is 0.400. The summed E-state index contributed by atoms with van der Waals surface area (Å²) in [6, 6.07) is 16.2. The van der Waals surface area contributed by atoms with E-state index in [-0.39, 0.29) is 11.5 Å². The van der Waals surface area contributed by atoms with Crippen molar-refractivity contribution in [1.82, 2.24) is 15.5 Å².